The smallest absolute Gasteiger partial charge is 0.343 e. The molecular formula is C13H7BrClFO2. The minimum absolute atomic E-state index is 0.276. The van der Waals surface area contributed by atoms with E-state index in [1.54, 1.807) is 18.2 Å². The van der Waals surface area contributed by atoms with Gasteiger partial charge < -0.3 is 4.74 Å². The van der Waals surface area contributed by atoms with Crippen LogP contribution in [-0.4, -0.2) is 5.97 Å². The molecule has 0 amide bonds. The van der Waals surface area contributed by atoms with Crippen LogP contribution in [-0.2, 0) is 0 Å². The van der Waals surface area contributed by atoms with Crippen LogP contribution in [0.25, 0.3) is 0 Å². The maximum absolute atomic E-state index is 12.7. The van der Waals surface area contributed by atoms with Crippen molar-refractivity contribution in [3.63, 3.8) is 0 Å². The van der Waals surface area contributed by atoms with Gasteiger partial charge in [0, 0.05) is 5.02 Å². The van der Waals surface area contributed by atoms with E-state index < -0.39 is 11.8 Å². The lowest BCUT2D eigenvalue weighted by Gasteiger charge is -2.06. The van der Waals surface area contributed by atoms with Crippen LogP contribution >= 0.6 is 27.5 Å². The van der Waals surface area contributed by atoms with Crippen LogP contribution in [0.3, 0.4) is 0 Å². The highest BCUT2D eigenvalue weighted by Crippen LogP contribution is 2.28. The summed E-state index contributed by atoms with van der Waals surface area (Å²) in [5.74, 6) is -0.606. The molecule has 0 saturated carbocycles. The maximum Gasteiger partial charge on any atom is 0.343 e. The zero-order valence-electron chi connectivity index (χ0n) is 8.99. The summed E-state index contributed by atoms with van der Waals surface area (Å²) in [7, 11) is 0. The molecule has 18 heavy (non-hydrogen) atoms. The molecule has 2 aromatic carbocycles. The Bertz CT molecular complexity index is 584. The first kappa shape index (κ1) is 13.1. The Morgan fingerprint density at radius 3 is 2.44 bits per heavy atom. The van der Waals surface area contributed by atoms with Gasteiger partial charge in [-0.3, -0.25) is 0 Å². The Morgan fingerprint density at radius 2 is 1.83 bits per heavy atom. The average molecular weight is 330 g/mol. The Morgan fingerprint density at radius 1 is 1.17 bits per heavy atom. The van der Waals surface area contributed by atoms with Crippen molar-refractivity contribution >= 4 is 33.5 Å². The number of hydrogen-bond donors (Lipinski definition) is 0. The van der Waals surface area contributed by atoms with Crippen molar-refractivity contribution in [1.82, 2.24) is 0 Å². The van der Waals surface area contributed by atoms with E-state index in [4.69, 9.17) is 16.3 Å². The summed E-state index contributed by atoms with van der Waals surface area (Å²) in [5.41, 5.74) is 0.276. The van der Waals surface area contributed by atoms with Crippen LogP contribution in [0.15, 0.2) is 46.9 Å². The first-order chi connectivity index (χ1) is 8.56. The molecule has 0 N–H and O–H groups in total. The molecular weight excluding hydrogens is 322 g/mol. The number of hydrogen-bond acceptors (Lipinski definition) is 2. The topological polar surface area (TPSA) is 26.3 Å². The molecule has 0 aromatic heterocycles. The summed E-state index contributed by atoms with van der Waals surface area (Å²) >= 11 is 9.01. The van der Waals surface area contributed by atoms with Crippen molar-refractivity contribution < 1.29 is 13.9 Å². The minimum Gasteiger partial charge on any atom is -0.422 e. The molecule has 0 saturated heterocycles. The van der Waals surface area contributed by atoms with Crippen LogP contribution in [0, 0.1) is 5.82 Å². The van der Waals surface area contributed by atoms with Gasteiger partial charge in [0.05, 0.1) is 10.0 Å². The molecule has 0 atom stereocenters. The fraction of sp³-hybridized carbons (Fsp3) is 0. The van der Waals surface area contributed by atoms with Gasteiger partial charge in [-0.15, -0.1) is 0 Å². The number of halogens is 3. The molecule has 0 unspecified atom stereocenters. The predicted molar refractivity (Wildman–Crippen MR) is 70.5 cm³/mol. The maximum atomic E-state index is 12.7. The molecule has 2 nitrogen and oxygen atoms in total. The van der Waals surface area contributed by atoms with Crippen molar-refractivity contribution in [2.24, 2.45) is 0 Å². The van der Waals surface area contributed by atoms with Gasteiger partial charge in [-0.05, 0) is 58.4 Å². The summed E-state index contributed by atoms with van der Waals surface area (Å²) in [6.45, 7) is 0. The Labute approximate surface area is 116 Å². The van der Waals surface area contributed by atoms with Crippen molar-refractivity contribution in [2.75, 3.05) is 0 Å². The fourth-order valence-electron chi connectivity index (χ4n) is 1.30. The SMILES string of the molecule is O=C(Oc1ccc(Cl)cc1Br)c1ccc(F)cc1. The second-order valence-electron chi connectivity index (χ2n) is 3.47. The van der Waals surface area contributed by atoms with Crippen molar-refractivity contribution in [1.29, 1.82) is 0 Å². The van der Waals surface area contributed by atoms with E-state index in [2.05, 4.69) is 15.9 Å². The summed E-state index contributed by atoms with van der Waals surface area (Å²) in [4.78, 5) is 11.8. The fourth-order valence-corrected chi connectivity index (χ4v) is 2.07. The minimum atomic E-state index is -0.557. The molecule has 2 aromatic rings. The second-order valence-corrected chi connectivity index (χ2v) is 4.76. The van der Waals surface area contributed by atoms with Gasteiger partial charge in [-0.1, -0.05) is 11.6 Å². The number of rotatable bonds is 2. The first-order valence-electron chi connectivity index (χ1n) is 4.99. The van der Waals surface area contributed by atoms with Gasteiger partial charge in [-0.2, -0.15) is 0 Å². The van der Waals surface area contributed by atoms with E-state index in [-0.39, 0.29) is 5.56 Å². The molecule has 0 radical (unpaired) electrons. The second kappa shape index (κ2) is 5.50. The molecule has 0 fully saturated rings. The zero-order valence-corrected chi connectivity index (χ0v) is 11.3. The third-order valence-corrected chi connectivity index (χ3v) is 3.03. The Kier molecular flexibility index (Phi) is 3.99. The Balaban J connectivity index is 2.18. The lowest BCUT2D eigenvalue weighted by Crippen LogP contribution is -2.08. The Hall–Kier alpha value is -1.39. The average Bonchev–Trinajstić information content (AvgIpc) is 2.33. The van der Waals surface area contributed by atoms with E-state index in [0.29, 0.717) is 15.2 Å². The number of carbonyl (C=O) groups is 1. The number of carbonyl (C=O) groups excluding carboxylic acids is 1. The highest BCUT2D eigenvalue weighted by atomic mass is 79.9. The largest absolute Gasteiger partial charge is 0.422 e. The molecule has 0 spiro atoms. The van der Waals surface area contributed by atoms with Gasteiger partial charge >= 0.3 is 5.97 Å². The van der Waals surface area contributed by atoms with Gasteiger partial charge in [0.15, 0.2) is 0 Å². The molecule has 5 heteroatoms. The van der Waals surface area contributed by atoms with Gasteiger partial charge in [0.1, 0.15) is 11.6 Å². The lowest BCUT2D eigenvalue weighted by molar-refractivity contribution is 0.0733. The van der Waals surface area contributed by atoms with Crippen molar-refractivity contribution in [2.45, 2.75) is 0 Å². The van der Waals surface area contributed by atoms with Crippen LogP contribution in [0.5, 0.6) is 5.75 Å². The van der Waals surface area contributed by atoms with Gasteiger partial charge in [0.25, 0.3) is 0 Å². The summed E-state index contributed by atoms with van der Waals surface area (Å²) < 4.78 is 18.4. The molecule has 0 bridgehead atoms. The quantitative estimate of drug-likeness (QED) is 0.600. The highest BCUT2D eigenvalue weighted by Gasteiger charge is 2.11. The summed E-state index contributed by atoms with van der Waals surface area (Å²) in [5, 5.41) is 0.531. The highest BCUT2D eigenvalue weighted by molar-refractivity contribution is 9.10. The van der Waals surface area contributed by atoms with E-state index in [1.807, 2.05) is 0 Å². The van der Waals surface area contributed by atoms with Crippen LogP contribution in [0.4, 0.5) is 4.39 Å². The van der Waals surface area contributed by atoms with Crippen LogP contribution in [0.2, 0.25) is 5.02 Å². The van der Waals surface area contributed by atoms with E-state index in [9.17, 15) is 9.18 Å². The molecule has 92 valence electrons. The van der Waals surface area contributed by atoms with Crippen LogP contribution < -0.4 is 4.74 Å². The molecule has 0 aliphatic rings. The molecule has 2 rings (SSSR count). The third-order valence-electron chi connectivity index (χ3n) is 2.18. The van der Waals surface area contributed by atoms with Crippen LogP contribution in [0.1, 0.15) is 10.4 Å². The molecule has 0 aliphatic carbocycles. The van der Waals surface area contributed by atoms with E-state index in [1.165, 1.54) is 24.3 Å². The summed E-state index contributed by atoms with van der Waals surface area (Å²) in [6.07, 6.45) is 0. The molecule has 0 aliphatic heterocycles. The lowest BCUT2D eigenvalue weighted by atomic mass is 10.2. The zero-order chi connectivity index (χ0) is 13.1. The first-order valence-corrected chi connectivity index (χ1v) is 6.16. The number of ether oxygens (including phenoxy) is 1. The normalized spacial score (nSPS) is 10.2. The van der Waals surface area contributed by atoms with E-state index >= 15 is 0 Å². The number of benzene rings is 2. The third kappa shape index (κ3) is 3.09. The van der Waals surface area contributed by atoms with Gasteiger partial charge in [-0.25, -0.2) is 9.18 Å². The monoisotopic (exact) mass is 328 g/mol. The van der Waals surface area contributed by atoms with Crippen molar-refractivity contribution in [3.8, 4) is 5.75 Å². The van der Waals surface area contributed by atoms with E-state index in [0.717, 1.165) is 0 Å². The predicted octanol–water partition coefficient (Wildman–Crippen LogP) is 4.46. The van der Waals surface area contributed by atoms with Gasteiger partial charge in [0.2, 0.25) is 0 Å². The summed E-state index contributed by atoms with van der Waals surface area (Å²) in [6, 6.07) is 9.94. The standard InChI is InChI=1S/C13H7BrClFO2/c14-11-7-9(15)3-6-12(11)18-13(17)8-1-4-10(16)5-2-8/h1-7H. The number of esters is 1. The van der Waals surface area contributed by atoms with Crippen molar-refractivity contribution in [3.05, 3.63) is 63.3 Å². The molecule has 0 heterocycles.